The summed E-state index contributed by atoms with van der Waals surface area (Å²) in [7, 11) is 0. The fraction of sp³-hybridized carbons (Fsp3) is 0.278. The molecule has 128 valence electrons. The second-order valence-corrected chi connectivity index (χ2v) is 6.05. The third-order valence-corrected chi connectivity index (χ3v) is 4.29. The highest BCUT2D eigenvalue weighted by molar-refractivity contribution is 5.62. The van der Waals surface area contributed by atoms with Gasteiger partial charge in [-0.3, -0.25) is 0 Å². The maximum atomic E-state index is 13.4. The average Bonchev–Trinajstić information content (AvgIpc) is 3.13. The van der Waals surface area contributed by atoms with E-state index in [1.165, 1.54) is 12.1 Å². The number of pyridine rings is 1. The van der Waals surface area contributed by atoms with E-state index in [1.807, 2.05) is 6.07 Å². The van der Waals surface area contributed by atoms with Gasteiger partial charge in [0.2, 0.25) is 5.82 Å². The molecule has 7 heteroatoms. The molecule has 0 atom stereocenters. The van der Waals surface area contributed by atoms with E-state index in [9.17, 15) is 9.50 Å². The van der Waals surface area contributed by atoms with Crippen molar-refractivity contribution in [2.24, 2.45) is 0 Å². The molecule has 1 aliphatic rings. The molecule has 0 radical (unpaired) electrons. The molecule has 0 aliphatic carbocycles. The molecular weight excluding hydrogens is 323 g/mol. The second kappa shape index (κ2) is 6.60. The lowest BCUT2D eigenvalue weighted by atomic mass is 10.1. The topological polar surface area (TPSA) is 75.3 Å². The van der Waals surface area contributed by atoms with Crippen molar-refractivity contribution in [1.82, 2.24) is 15.1 Å². The molecule has 3 heterocycles. The molecule has 0 amide bonds. The summed E-state index contributed by atoms with van der Waals surface area (Å²) in [5.41, 5.74) is 1.32. The lowest BCUT2D eigenvalue weighted by Crippen LogP contribution is -2.36. The van der Waals surface area contributed by atoms with Gasteiger partial charge in [-0.2, -0.15) is 4.98 Å². The van der Waals surface area contributed by atoms with Gasteiger partial charge < -0.3 is 14.5 Å². The first kappa shape index (κ1) is 15.7. The number of benzene rings is 1. The van der Waals surface area contributed by atoms with E-state index in [0.717, 1.165) is 37.3 Å². The summed E-state index contributed by atoms with van der Waals surface area (Å²) in [6.07, 6.45) is 2.93. The molecular formula is C18H17FN4O2. The molecule has 4 rings (SSSR count). The molecule has 1 fully saturated rings. The van der Waals surface area contributed by atoms with Crippen LogP contribution in [0.1, 0.15) is 12.8 Å². The monoisotopic (exact) mass is 340 g/mol. The number of hydrogen-bond donors (Lipinski definition) is 1. The van der Waals surface area contributed by atoms with Crippen LogP contribution in [-0.2, 0) is 0 Å². The Labute approximate surface area is 143 Å². The molecule has 1 aliphatic heterocycles. The summed E-state index contributed by atoms with van der Waals surface area (Å²) in [5.74, 6) is 1.17. The SMILES string of the molecule is OC1CCN(c2cc(-c3nc(-c4cccc(F)c4)no3)ccn2)CC1. The van der Waals surface area contributed by atoms with Gasteiger partial charge in [-0.25, -0.2) is 9.37 Å². The molecule has 25 heavy (non-hydrogen) atoms. The van der Waals surface area contributed by atoms with Gasteiger partial charge in [0, 0.05) is 30.4 Å². The minimum atomic E-state index is -0.345. The number of hydrogen-bond acceptors (Lipinski definition) is 6. The molecule has 2 aromatic heterocycles. The van der Waals surface area contributed by atoms with Crippen LogP contribution in [0.4, 0.5) is 10.2 Å². The zero-order chi connectivity index (χ0) is 17.2. The highest BCUT2D eigenvalue weighted by Gasteiger charge is 2.19. The van der Waals surface area contributed by atoms with Crippen molar-refractivity contribution in [2.75, 3.05) is 18.0 Å². The fourth-order valence-corrected chi connectivity index (χ4v) is 2.90. The molecule has 1 saturated heterocycles. The van der Waals surface area contributed by atoms with Gasteiger partial charge in [-0.1, -0.05) is 17.3 Å². The fourth-order valence-electron chi connectivity index (χ4n) is 2.90. The van der Waals surface area contributed by atoms with Gasteiger partial charge in [0.25, 0.3) is 5.89 Å². The van der Waals surface area contributed by atoms with Gasteiger partial charge in [-0.05, 0) is 37.1 Å². The molecule has 0 spiro atoms. The third kappa shape index (κ3) is 3.36. The largest absolute Gasteiger partial charge is 0.393 e. The molecule has 1 N–H and O–H groups in total. The maximum absolute atomic E-state index is 13.4. The van der Waals surface area contributed by atoms with E-state index in [2.05, 4.69) is 20.0 Å². The first-order chi connectivity index (χ1) is 12.2. The van der Waals surface area contributed by atoms with E-state index in [-0.39, 0.29) is 11.9 Å². The smallest absolute Gasteiger partial charge is 0.258 e. The van der Waals surface area contributed by atoms with Crippen LogP contribution in [0.15, 0.2) is 47.1 Å². The van der Waals surface area contributed by atoms with Crippen molar-refractivity contribution in [2.45, 2.75) is 18.9 Å². The molecule has 6 nitrogen and oxygen atoms in total. The van der Waals surface area contributed by atoms with Crippen molar-refractivity contribution in [3.8, 4) is 22.8 Å². The van der Waals surface area contributed by atoms with Crippen molar-refractivity contribution < 1.29 is 14.0 Å². The van der Waals surface area contributed by atoms with E-state index in [1.54, 1.807) is 24.4 Å². The number of aliphatic hydroxyl groups excluding tert-OH is 1. The summed E-state index contributed by atoms with van der Waals surface area (Å²) < 4.78 is 18.7. The number of aromatic nitrogens is 3. The number of rotatable bonds is 3. The van der Waals surface area contributed by atoms with Crippen molar-refractivity contribution in [3.63, 3.8) is 0 Å². The number of anilines is 1. The number of nitrogens with zero attached hydrogens (tertiary/aromatic N) is 4. The first-order valence-corrected chi connectivity index (χ1v) is 8.18. The van der Waals surface area contributed by atoms with E-state index >= 15 is 0 Å². The van der Waals surface area contributed by atoms with Gasteiger partial charge in [0.05, 0.1) is 6.10 Å². The van der Waals surface area contributed by atoms with Crippen LogP contribution in [0, 0.1) is 5.82 Å². The van der Waals surface area contributed by atoms with Crippen LogP contribution >= 0.6 is 0 Å². The summed E-state index contributed by atoms with van der Waals surface area (Å²) >= 11 is 0. The highest BCUT2D eigenvalue weighted by Crippen LogP contribution is 2.26. The third-order valence-electron chi connectivity index (χ3n) is 4.29. The van der Waals surface area contributed by atoms with Gasteiger partial charge in [-0.15, -0.1) is 0 Å². The lowest BCUT2D eigenvalue weighted by Gasteiger charge is -2.30. The van der Waals surface area contributed by atoms with E-state index in [0.29, 0.717) is 17.3 Å². The van der Waals surface area contributed by atoms with Crippen molar-refractivity contribution in [1.29, 1.82) is 0 Å². The Morgan fingerprint density at radius 2 is 1.96 bits per heavy atom. The van der Waals surface area contributed by atoms with Crippen LogP contribution in [0.2, 0.25) is 0 Å². The number of halogens is 1. The maximum Gasteiger partial charge on any atom is 0.258 e. The Hall–Kier alpha value is -2.80. The molecule has 0 unspecified atom stereocenters. The van der Waals surface area contributed by atoms with Crippen LogP contribution in [0.3, 0.4) is 0 Å². The van der Waals surface area contributed by atoms with Crippen molar-refractivity contribution >= 4 is 5.82 Å². The quantitative estimate of drug-likeness (QED) is 0.790. The summed E-state index contributed by atoms with van der Waals surface area (Å²) in [5, 5.41) is 13.6. The summed E-state index contributed by atoms with van der Waals surface area (Å²) in [4.78, 5) is 10.9. The van der Waals surface area contributed by atoms with Crippen molar-refractivity contribution in [3.05, 3.63) is 48.4 Å². The summed E-state index contributed by atoms with van der Waals surface area (Å²) in [6.45, 7) is 1.52. The van der Waals surface area contributed by atoms with Crippen LogP contribution in [0.5, 0.6) is 0 Å². The van der Waals surface area contributed by atoms with Crippen LogP contribution in [-0.4, -0.2) is 39.4 Å². The Morgan fingerprint density at radius 1 is 1.12 bits per heavy atom. The predicted octanol–water partition coefficient (Wildman–Crippen LogP) is 2.90. The standard InChI is InChI=1S/C18H17FN4O2/c19-14-3-1-2-12(10-14)17-21-18(25-22-17)13-4-7-20-16(11-13)23-8-5-15(24)6-9-23/h1-4,7,10-11,15,24H,5-6,8-9H2. The van der Waals surface area contributed by atoms with Crippen LogP contribution in [0.25, 0.3) is 22.8 Å². The number of piperidine rings is 1. The lowest BCUT2D eigenvalue weighted by molar-refractivity contribution is 0.145. The van der Waals surface area contributed by atoms with Gasteiger partial charge in [0.1, 0.15) is 11.6 Å². The molecule has 1 aromatic carbocycles. The molecule has 0 saturated carbocycles. The van der Waals surface area contributed by atoms with Gasteiger partial charge in [0.15, 0.2) is 0 Å². The van der Waals surface area contributed by atoms with E-state index < -0.39 is 0 Å². The average molecular weight is 340 g/mol. The Morgan fingerprint density at radius 3 is 2.76 bits per heavy atom. The first-order valence-electron chi connectivity index (χ1n) is 8.18. The molecule has 0 bridgehead atoms. The van der Waals surface area contributed by atoms with E-state index in [4.69, 9.17) is 4.52 Å². The normalized spacial score (nSPS) is 15.5. The Balaban J connectivity index is 1.59. The van der Waals surface area contributed by atoms with Gasteiger partial charge >= 0.3 is 0 Å². The zero-order valence-electron chi connectivity index (χ0n) is 13.5. The predicted molar refractivity (Wildman–Crippen MR) is 90.4 cm³/mol. The highest BCUT2D eigenvalue weighted by atomic mass is 19.1. The molecule has 3 aromatic rings. The minimum absolute atomic E-state index is 0.232. The second-order valence-electron chi connectivity index (χ2n) is 6.05. The Kier molecular flexibility index (Phi) is 4.15. The zero-order valence-corrected chi connectivity index (χ0v) is 13.5. The Bertz CT molecular complexity index is 875. The summed E-state index contributed by atoms with van der Waals surface area (Å²) in [6, 6.07) is 9.76. The minimum Gasteiger partial charge on any atom is -0.393 e. The van der Waals surface area contributed by atoms with Crippen LogP contribution < -0.4 is 4.90 Å². The number of aliphatic hydroxyl groups is 1.